The highest BCUT2D eigenvalue weighted by molar-refractivity contribution is 7.99. The van der Waals surface area contributed by atoms with Crippen molar-refractivity contribution in [1.29, 1.82) is 0 Å². The summed E-state index contributed by atoms with van der Waals surface area (Å²) in [6.45, 7) is 4.58. The molecule has 0 amide bonds. The van der Waals surface area contributed by atoms with Crippen LogP contribution in [-0.2, 0) is 5.75 Å². The van der Waals surface area contributed by atoms with Crippen molar-refractivity contribution in [3.05, 3.63) is 24.2 Å². The van der Waals surface area contributed by atoms with Crippen LogP contribution in [0.3, 0.4) is 0 Å². The molecule has 3 heteroatoms. The molecule has 1 aromatic heterocycles. The second-order valence-electron chi connectivity index (χ2n) is 5.34. The van der Waals surface area contributed by atoms with Crippen molar-refractivity contribution < 1.29 is 4.42 Å². The first kappa shape index (κ1) is 12.1. The minimum atomic E-state index is 0.291. The van der Waals surface area contributed by atoms with E-state index in [-0.39, 0.29) is 0 Å². The molecule has 2 atom stereocenters. The summed E-state index contributed by atoms with van der Waals surface area (Å²) in [6.07, 6.45) is 5.54. The van der Waals surface area contributed by atoms with Crippen molar-refractivity contribution in [2.75, 3.05) is 0 Å². The van der Waals surface area contributed by atoms with Gasteiger partial charge in [0.15, 0.2) is 0 Å². The van der Waals surface area contributed by atoms with Crippen LogP contribution in [0.5, 0.6) is 0 Å². The van der Waals surface area contributed by atoms with Gasteiger partial charge in [-0.1, -0.05) is 20.3 Å². The maximum atomic E-state index is 6.34. The Labute approximate surface area is 102 Å². The molecule has 0 spiro atoms. The van der Waals surface area contributed by atoms with Gasteiger partial charge >= 0.3 is 0 Å². The van der Waals surface area contributed by atoms with Crippen molar-refractivity contribution >= 4 is 11.8 Å². The first-order valence-electron chi connectivity index (χ1n) is 5.99. The number of furan rings is 1. The summed E-state index contributed by atoms with van der Waals surface area (Å²) < 4.78 is 5.35. The lowest BCUT2D eigenvalue weighted by Crippen LogP contribution is -2.48. The van der Waals surface area contributed by atoms with E-state index in [1.807, 2.05) is 23.9 Å². The molecule has 90 valence electrons. The third-order valence-corrected chi connectivity index (χ3v) is 5.04. The van der Waals surface area contributed by atoms with E-state index in [9.17, 15) is 0 Å². The van der Waals surface area contributed by atoms with Crippen LogP contribution in [0.25, 0.3) is 0 Å². The van der Waals surface area contributed by atoms with E-state index in [1.54, 1.807) is 6.26 Å². The molecule has 2 unspecified atom stereocenters. The first-order chi connectivity index (χ1) is 7.59. The minimum absolute atomic E-state index is 0.291. The molecule has 1 fully saturated rings. The van der Waals surface area contributed by atoms with E-state index in [4.69, 9.17) is 10.2 Å². The van der Waals surface area contributed by atoms with Gasteiger partial charge in [-0.2, -0.15) is 0 Å². The molecule has 0 saturated heterocycles. The highest BCUT2D eigenvalue weighted by Gasteiger charge is 2.36. The Morgan fingerprint density at radius 3 is 3.06 bits per heavy atom. The molecule has 0 aliphatic heterocycles. The normalized spacial score (nSPS) is 29.2. The highest BCUT2D eigenvalue weighted by Crippen LogP contribution is 2.40. The standard InChI is InChI=1S/C13H21NOS/c1-13(2)7-3-6-11(12(13)14)16-9-10-5-4-8-15-10/h4-5,8,11-12H,3,6-7,9,14H2,1-2H3. The number of thioether (sulfide) groups is 1. The molecule has 2 nitrogen and oxygen atoms in total. The Hall–Kier alpha value is -0.410. The molecule has 0 aromatic carbocycles. The Morgan fingerprint density at radius 2 is 2.38 bits per heavy atom. The summed E-state index contributed by atoms with van der Waals surface area (Å²) in [6, 6.07) is 4.29. The summed E-state index contributed by atoms with van der Waals surface area (Å²) in [5.41, 5.74) is 6.64. The molecule has 2 N–H and O–H groups in total. The molecule has 1 aliphatic rings. The lowest BCUT2D eigenvalue weighted by atomic mass is 9.73. The Morgan fingerprint density at radius 1 is 1.56 bits per heavy atom. The van der Waals surface area contributed by atoms with Gasteiger partial charge in [0.05, 0.1) is 12.0 Å². The van der Waals surface area contributed by atoms with E-state index in [0.717, 1.165) is 11.5 Å². The molecule has 1 aromatic rings. The maximum Gasteiger partial charge on any atom is 0.113 e. The quantitative estimate of drug-likeness (QED) is 0.878. The van der Waals surface area contributed by atoms with Crippen LogP contribution >= 0.6 is 11.8 Å². The van der Waals surface area contributed by atoms with Gasteiger partial charge in [-0.3, -0.25) is 0 Å². The van der Waals surface area contributed by atoms with Gasteiger partial charge in [0.25, 0.3) is 0 Å². The van der Waals surface area contributed by atoms with Gasteiger partial charge in [-0.15, -0.1) is 11.8 Å². The van der Waals surface area contributed by atoms with E-state index < -0.39 is 0 Å². The summed E-state index contributed by atoms with van der Waals surface area (Å²) >= 11 is 1.95. The van der Waals surface area contributed by atoms with Crippen LogP contribution in [0, 0.1) is 5.41 Å². The summed E-state index contributed by atoms with van der Waals surface area (Å²) in [4.78, 5) is 0. The fraction of sp³-hybridized carbons (Fsp3) is 0.692. The van der Waals surface area contributed by atoms with Crippen LogP contribution < -0.4 is 5.73 Å². The third kappa shape index (κ3) is 2.64. The van der Waals surface area contributed by atoms with Crippen molar-refractivity contribution in [3.63, 3.8) is 0 Å². The molecule has 2 rings (SSSR count). The molecule has 1 saturated carbocycles. The third-order valence-electron chi connectivity index (χ3n) is 3.63. The number of nitrogens with two attached hydrogens (primary N) is 1. The summed E-state index contributed by atoms with van der Waals surface area (Å²) in [5.74, 6) is 2.00. The highest BCUT2D eigenvalue weighted by atomic mass is 32.2. The van der Waals surface area contributed by atoms with Gasteiger partial charge in [0, 0.05) is 11.3 Å². The van der Waals surface area contributed by atoms with E-state index >= 15 is 0 Å². The minimum Gasteiger partial charge on any atom is -0.468 e. The van der Waals surface area contributed by atoms with Crippen molar-refractivity contribution in [2.45, 2.75) is 50.2 Å². The van der Waals surface area contributed by atoms with Crippen molar-refractivity contribution in [3.8, 4) is 0 Å². The zero-order valence-corrected chi connectivity index (χ0v) is 10.9. The van der Waals surface area contributed by atoms with Crippen LogP contribution in [0.4, 0.5) is 0 Å². The average molecular weight is 239 g/mol. The second kappa shape index (κ2) is 4.84. The number of hydrogen-bond acceptors (Lipinski definition) is 3. The lowest BCUT2D eigenvalue weighted by molar-refractivity contribution is 0.208. The topological polar surface area (TPSA) is 39.2 Å². The van der Waals surface area contributed by atoms with Crippen LogP contribution in [0.1, 0.15) is 38.9 Å². The van der Waals surface area contributed by atoms with E-state index in [1.165, 1.54) is 19.3 Å². The average Bonchev–Trinajstić information content (AvgIpc) is 2.73. The fourth-order valence-corrected chi connectivity index (χ4v) is 3.83. The molecular weight excluding hydrogens is 218 g/mol. The van der Waals surface area contributed by atoms with E-state index in [2.05, 4.69) is 13.8 Å². The van der Waals surface area contributed by atoms with Crippen molar-refractivity contribution in [2.24, 2.45) is 11.1 Å². The Balaban J connectivity index is 1.89. The fourth-order valence-electron chi connectivity index (χ4n) is 2.38. The SMILES string of the molecule is CC1(C)CCCC(SCc2ccco2)C1N. The molecule has 1 aliphatic carbocycles. The molecule has 16 heavy (non-hydrogen) atoms. The number of rotatable bonds is 3. The van der Waals surface area contributed by atoms with Crippen LogP contribution in [-0.4, -0.2) is 11.3 Å². The van der Waals surface area contributed by atoms with Gasteiger partial charge in [0.2, 0.25) is 0 Å². The maximum absolute atomic E-state index is 6.34. The second-order valence-corrected chi connectivity index (χ2v) is 6.56. The first-order valence-corrected chi connectivity index (χ1v) is 7.04. The number of hydrogen-bond donors (Lipinski definition) is 1. The van der Waals surface area contributed by atoms with E-state index in [0.29, 0.717) is 16.7 Å². The Bertz CT molecular complexity index is 321. The smallest absolute Gasteiger partial charge is 0.113 e. The predicted molar refractivity (Wildman–Crippen MR) is 69.4 cm³/mol. The molecule has 1 heterocycles. The molecule has 0 radical (unpaired) electrons. The zero-order chi connectivity index (χ0) is 11.6. The summed E-state index contributed by atoms with van der Waals surface area (Å²) in [7, 11) is 0. The summed E-state index contributed by atoms with van der Waals surface area (Å²) in [5, 5.41) is 0.578. The van der Waals surface area contributed by atoms with Crippen LogP contribution in [0.2, 0.25) is 0 Å². The van der Waals surface area contributed by atoms with Gasteiger partial charge in [-0.25, -0.2) is 0 Å². The van der Waals surface area contributed by atoms with Gasteiger partial charge in [-0.05, 0) is 30.4 Å². The lowest BCUT2D eigenvalue weighted by Gasteiger charge is -2.41. The van der Waals surface area contributed by atoms with Crippen molar-refractivity contribution in [1.82, 2.24) is 0 Å². The van der Waals surface area contributed by atoms with Gasteiger partial charge in [0.1, 0.15) is 5.76 Å². The zero-order valence-electron chi connectivity index (χ0n) is 10.1. The van der Waals surface area contributed by atoms with Gasteiger partial charge < -0.3 is 10.2 Å². The molecular formula is C13H21NOS. The Kier molecular flexibility index (Phi) is 3.65. The largest absolute Gasteiger partial charge is 0.468 e. The predicted octanol–water partition coefficient (Wildman–Crippen LogP) is 3.42. The van der Waals surface area contributed by atoms with Crippen LogP contribution in [0.15, 0.2) is 22.8 Å². The monoisotopic (exact) mass is 239 g/mol. The molecule has 0 bridgehead atoms.